The number of fused-ring (bicyclic) bond motifs is 1. The Bertz CT molecular complexity index is 745. The number of hydrogen-bond acceptors (Lipinski definition) is 5. The number of piperidine rings is 1. The molecule has 1 aromatic heterocycles. The first-order chi connectivity index (χ1) is 10.6. The number of nitro groups is 1. The maximum atomic E-state index is 11.2. The fraction of sp³-hybridized carbons (Fsp3) is 0.529. The average Bonchev–Trinajstić information content (AvgIpc) is 2.87. The van der Waals surface area contributed by atoms with Crippen molar-refractivity contribution >= 4 is 16.7 Å². The van der Waals surface area contributed by atoms with Gasteiger partial charge in [0.2, 0.25) is 0 Å². The molecular weight excluding hydrogens is 296 g/mol. The summed E-state index contributed by atoms with van der Waals surface area (Å²) in [4.78, 5) is 10.8. The van der Waals surface area contributed by atoms with Crippen LogP contribution < -0.4 is 0 Å². The van der Waals surface area contributed by atoms with Gasteiger partial charge in [-0.05, 0) is 52.7 Å². The normalized spacial score (nSPS) is 21.6. The van der Waals surface area contributed by atoms with Crippen molar-refractivity contribution in [3.63, 3.8) is 0 Å². The highest BCUT2D eigenvalue weighted by Gasteiger charge is 2.46. The molecule has 0 aliphatic carbocycles. The summed E-state index contributed by atoms with van der Waals surface area (Å²) < 4.78 is 5.92. The number of hydrogen-bond donors (Lipinski definition) is 1. The van der Waals surface area contributed by atoms with E-state index in [0.717, 1.165) is 18.6 Å². The quantitative estimate of drug-likeness (QED) is 0.653. The van der Waals surface area contributed by atoms with E-state index in [1.807, 2.05) is 27.7 Å². The van der Waals surface area contributed by atoms with E-state index in [-0.39, 0.29) is 16.5 Å². The van der Waals surface area contributed by atoms with E-state index in [0.29, 0.717) is 11.0 Å². The Balaban J connectivity index is 2.04. The fourth-order valence-corrected chi connectivity index (χ4v) is 3.90. The summed E-state index contributed by atoms with van der Waals surface area (Å²) >= 11 is 0. The molecule has 0 unspecified atom stereocenters. The fourth-order valence-electron chi connectivity index (χ4n) is 3.90. The van der Waals surface area contributed by atoms with Crippen molar-refractivity contribution in [3.8, 4) is 0 Å². The topological polar surface area (TPSA) is 79.8 Å². The number of benzene rings is 1. The summed E-state index contributed by atoms with van der Waals surface area (Å²) in [5.41, 5.74) is -0.180. The van der Waals surface area contributed by atoms with Crippen LogP contribution in [0, 0.1) is 10.1 Å². The van der Waals surface area contributed by atoms with E-state index in [4.69, 9.17) is 4.42 Å². The number of rotatable bonds is 2. The Morgan fingerprint density at radius 1 is 1.26 bits per heavy atom. The van der Waals surface area contributed by atoms with E-state index < -0.39 is 11.1 Å². The van der Waals surface area contributed by atoms with Gasteiger partial charge in [-0.2, -0.15) is 5.06 Å². The predicted octanol–water partition coefficient (Wildman–Crippen LogP) is 4.47. The highest BCUT2D eigenvalue weighted by atomic mass is 16.6. The Kier molecular flexibility index (Phi) is 3.50. The first-order valence-corrected chi connectivity index (χ1v) is 7.78. The maximum absolute atomic E-state index is 11.2. The van der Waals surface area contributed by atoms with Gasteiger partial charge in [-0.3, -0.25) is 10.1 Å². The molecular formula is C17H22N2O4. The lowest BCUT2D eigenvalue weighted by Gasteiger charge is -2.51. The van der Waals surface area contributed by atoms with E-state index >= 15 is 0 Å². The van der Waals surface area contributed by atoms with Crippen LogP contribution in [-0.4, -0.2) is 26.3 Å². The minimum atomic E-state index is -0.392. The van der Waals surface area contributed by atoms with Gasteiger partial charge in [-0.1, -0.05) is 6.07 Å². The molecule has 124 valence electrons. The third-order valence-electron chi connectivity index (χ3n) is 4.80. The molecule has 6 nitrogen and oxygen atoms in total. The SMILES string of the molecule is CC1(C)CC(c2cc3c([N+](=O)[O-])cccc3o2)CC(C)(C)N1O. The Morgan fingerprint density at radius 3 is 2.43 bits per heavy atom. The van der Waals surface area contributed by atoms with Crippen LogP contribution in [0.15, 0.2) is 28.7 Å². The lowest BCUT2D eigenvalue weighted by Crippen LogP contribution is -2.58. The Morgan fingerprint density at radius 2 is 1.87 bits per heavy atom. The maximum Gasteiger partial charge on any atom is 0.280 e. The minimum absolute atomic E-state index is 0.0654. The second-order valence-electron chi connectivity index (χ2n) is 7.64. The van der Waals surface area contributed by atoms with Gasteiger partial charge in [-0.15, -0.1) is 0 Å². The first kappa shape index (κ1) is 16.0. The minimum Gasteiger partial charge on any atom is -0.461 e. The molecule has 23 heavy (non-hydrogen) atoms. The van der Waals surface area contributed by atoms with Crippen LogP contribution in [0.25, 0.3) is 11.0 Å². The van der Waals surface area contributed by atoms with Crippen LogP contribution in [0.3, 0.4) is 0 Å². The number of hydroxylamine groups is 2. The van der Waals surface area contributed by atoms with Gasteiger partial charge in [0.05, 0.1) is 10.3 Å². The van der Waals surface area contributed by atoms with Crippen molar-refractivity contribution in [1.29, 1.82) is 0 Å². The van der Waals surface area contributed by atoms with Crippen LogP contribution in [0.4, 0.5) is 5.69 Å². The number of nitrogens with zero attached hydrogens (tertiary/aromatic N) is 2. The molecule has 1 N–H and O–H groups in total. The zero-order valence-electron chi connectivity index (χ0n) is 13.9. The van der Waals surface area contributed by atoms with Gasteiger partial charge in [0.1, 0.15) is 11.3 Å². The first-order valence-electron chi connectivity index (χ1n) is 7.78. The van der Waals surface area contributed by atoms with E-state index in [1.165, 1.54) is 11.1 Å². The van der Waals surface area contributed by atoms with E-state index in [2.05, 4.69) is 0 Å². The second-order valence-corrected chi connectivity index (χ2v) is 7.64. The van der Waals surface area contributed by atoms with Gasteiger partial charge in [0.25, 0.3) is 5.69 Å². The summed E-state index contributed by atoms with van der Waals surface area (Å²) in [5, 5.41) is 23.5. The summed E-state index contributed by atoms with van der Waals surface area (Å²) in [6, 6.07) is 6.67. The Hall–Kier alpha value is -1.92. The number of nitro benzene ring substituents is 1. The highest BCUT2D eigenvalue weighted by Crippen LogP contribution is 2.46. The lowest BCUT2D eigenvalue weighted by molar-refractivity contribution is -0.383. The monoisotopic (exact) mass is 318 g/mol. The van der Waals surface area contributed by atoms with Crippen molar-refractivity contribution in [2.24, 2.45) is 0 Å². The molecule has 0 spiro atoms. The molecule has 0 bridgehead atoms. The summed E-state index contributed by atoms with van der Waals surface area (Å²) in [7, 11) is 0. The van der Waals surface area contributed by atoms with E-state index in [9.17, 15) is 15.3 Å². The van der Waals surface area contributed by atoms with Crippen molar-refractivity contribution in [3.05, 3.63) is 40.1 Å². The van der Waals surface area contributed by atoms with Crippen LogP contribution in [0.5, 0.6) is 0 Å². The van der Waals surface area contributed by atoms with Gasteiger partial charge in [0, 0.05) is 23.1 Å². The molecule has 1 aliphatic heterocycles. The van der Waals surface area contributed by atoms with Crippen LogP contribution >= 0.6 is 0 Å². The standard InChI is InChI=1S/C17H22N2O4/c1-16(2)9-11(10-17(3,4)19(16)22)15-8-12-13(18(20)21)6-5-7-14(12)23-15/h5-8,11,22H,9-10H2,1-4H3. The molecule has 1 aromatic carbocycles. The molecule has 0 amide bonds. The Labute approximate surface area is 134 Å². The summed E-state index contributed by atoms with van der Waals surface area (Å²) in [5.74, 6) is 0.860. The zero-order valence-corrected chi connectivity index (χ0v) is 13.9. The lowest BCUT2D eigenvalue weighted by atomic mass is 9.74. The molecule has 0 saturated carbocycles. The average molecular weight is 318 g/mol. The molecule has 2 aromatic rings. The molecule has 1 fully saturated rings. The smallest absolute Gasteiger partial charge is 0.280 e. The summed E-state index contributed by atoms with van der Waals surface area (Å²) in [6.45, 7) is 7.97. The molecule has 0 atom stereocenters. The van der Waals surface area contributed by atoms with Crippen molar-refractivity contribution in [2.45, 2.75) is 57.5 Å². The van der Waals surface area contributed by atoms with Crippen molar-refractivity contribution < 1.29 is 14.5 Å². The van der Waals surface area contributed by atoms with Crippen LogP contribution in [0.1, 0.15) is 52.2 Å². The predicted molar refractivity (Wildman–Crippen MR) is 86.6 cm³/mol. The van der Waals surface area contributed by atoms with Crippen LogP contribution in [-0.2, 0) is 0 Å². The summed E-state index contributed by atoms with van der Waals surface area (Å²) in [6.07, 6.45) is 1.45. The molecule has 3 rings (SSSR count). The van der Waals surface area contributed by atoms with Gasteiger partial charge in [-0.25, -0.2) is 0 Å². The molecule has 1 saturated heterocycles. The number of non-ortho nitro benzene ring substituents is 1. The molecule has 1 aliphatic rings. The molecule has 6 heteroatoms. The third kappa shape index (κ3) is 2.62. The van der Waals surface area contributed by atoms with Gasteiger partial charge < -0.3 is 9.62 Å². The number of furan rings is 1. The molecule has 0 radical (unpaired) electrons. The van der Waals surface area contributed by atoms with Gasteiger partial charge >= 0.3 is 0 Å². The second kappa shape index (κ2) is 5.04. The van der Waals surface area contributed by atoms with Gasteiger partial charge in [0.15, 0.2) is 0 Å². The van der Waals surface area contributed by atoms with Crippen molar-refractivity contribution in [2.75, 3.05) is 0 Å². The largest absolute Gasteiger partial charge is 0.461 e. The zero-order chi connectivity index (χ0) is 17.0. The van der Waals surface area contributed by atoms with Crippen LogP contribution in [0.2, 0.25) is 0 Å². The highest BCUT2D eigenvalue weighted by molar-refractivity contribution is 5.87. The molecule has 2 heterocycles. The third-order valence-corrected chi connectivity index (χ3v) is 4.80. The van der Waals surface area contributed by atoms with E-state index in [1.54, 1.807) is 18.2 Å². The van der Waals surface area contributed by atoms with Crippen molar-refractivity contribution in [1.82, 2.24) is 5.06 Å².